The second-order valence-corrected chi connectivity index (χ2v) is 7.04. The third-order valence-corrected chi connectivity index (χ3v) is 5.17. The molecule has 0 spiro atoms. The van der Waals surface area contributed by atoms with E-state index in [0.717, 1.165) is 37.4 Å². The van der Waals surface area contributed by atoms with E-state index >= 15 is 0 Å². The molecule has 5 N–H and O–H groups in total. The molecular weight excluding hydrogens is 376 g/mol. The molecule has 2 heterocycles. The second kappa shape index (κ2) is 8.72. The largest absolute Gasteiger partial charge is 0.507 e. The zero-order valence-corrected chi connectivity index (χ0v) is 16.6. The highest BCUT2D eigenvalue weighted by molar-refractivity contribution is 5.74. The maximum Gasteiger partial charge on any atom is 0.169 e. The molecule has 1 fully saturated rings. The Morgan fingerprint density at radius 1 is 0.933 bits per heavy atom. The molecule has 0 radical (unpaired) electrons. The van der Waals surface area contributed by atoms with Crippen LogP contribution in [0.4, 0.5) is 17.2 Å². The number of nitrogens with two attached hydrogens (primary N) is 2. The van der Waals surface area contributed by atoms with E-state index < -0.39 is 0 Å². The molecule has 1 aliphatic heterocycles. The van der Waals surface area contributed by atoms with Crippen LogP contribution in [0.2, 0.25) is 0 Å². The lowest BCUT2D eigenvalue weighted by Crippen LogP contribution is -2.46. The maximum absolute atomic E-state index is 10.1. The summed E-state index contributed by atoms with van der Waals surface area (Å²) < 4.78 is 0. The molecule has 7 heteroatoms. The minimum Gasteiger partial charge on any atom is -0.507 e. The average Bonchev–Trinajstić information content (AvgIpc) is 2.79. The molecule has 1 aromatic heterocycles. The quantitative estimate of drug-likeness (QED) is 0.578. The molecule has 1 aliphatic rings. The first-order valence-electron chi connectivity index (χ1n) is 9.86. The van der Waals surface area contributed by atoms with Gasteiger partial charge in [-0.3, -0.25) is 0 Å². The van der Waals surface area contributed by atoms with Crippen LogP contribution in [0.5, 0.6) is 5.75 Å². The number of benzene rings is 2. The zero-order chi connectivity index (χ0) is 20.9. The van der Waals surface area contributed by atoms with Crippen LogP contribution in [0.3, 0.4) is 0 Å². The highest BCUT2D eigenvalue weighted by Gasteiger charge is 2.21. The Labute approximate surface area is 175 Å². The number of hydrogen-bond donors (Lipinski definition) is 3. The van der Waals surface area contributed by atoms with Gasteiger partial charge in [-0.05, 0) is 42.5 Å². The van der Waals surface area contributed by atoms with Crippen molar-refractivity contribution >= 4 is 17.2 Å². The topological polar surface area (TPSA) is 105 Å². The molecule has 0 amide bonds. The standard InChI is InChI=1S/C23H24N6O/c24-11-3-4-17-7-9-18(10-8-17)28-12-14-29(15-13-28)21-16-20(26-27-23(21)25)19-5-1-2-6-22(19)30/h1-2,5-10,16,30H,11-15,24H2,(H2,25,27). The lowest BCUT2D eigenvalue weighted by Gasteiger charge is -2.37. The van der Waals surface area contributed by atoms with Gasteiger partial charge < -0.3 is 26.4 Å². The highest BCUT2D eigenvalue weighted by atomic mass is 16.3. The summed E-state index contributed by atoms with van der Waals surface area (Å²) in [5.74, 6) is 6.48. The third-order valence-electron chi connectivity index (χ3n) is 5.17. The van der Waals surface area contributed by atoms with Crippen LogP contribution >= 0.6 is 0 Å². The van der Waals surface area contributed by atoms with E-state index in [0.29, 0.717) is 23.6 Å². The number of anilines is 3. The Morgan fingerprint density at radius 2 is 1.63 bits per heavy atom. The van der Waals surface area contributed by atoms with Crippen molar-refractivity contribution < 1.29 is 5.11 Å². The average molecular weight is 400 g/mol. The molecule has 0 atom stereocenters. The number of nitrogens with zero attached hydrogens (tertiary/aromatic N) is 4. The molecule has 7 nitrogen and oxygen atoms in total. The molecule has 30 heavy (non-hydrogen) atoms. The number of para-hydroxylation sites is 1. The summed E-state index contributed by atoms with van der Waals surface area (Å²) >= 11 is 0. The number of rotatable bonds is 3. The minimum absolute atomic E-state index is 0.173. The summed E-state index contributed by atoms with van der Waals surface area (Å²) in [4.78, 5) is 4.55. The van der Waals surface area contributed by atoms with Gasteiger partial charge in [-0.1, -0.05) is 24.0 Å². The molecule has 2 aromatic carbocycles. The number of nitrogen functional groups attached to an aromatic ring is 1. The first kappa shape index (κ1) is 19.6. The summed E-state index contributed by atoms with van der Waals surface area (Å²) in [6.45, 7) is 3.71. The number of aromatic nitrogens is 2. The molecule has 0 saturated carbocycles. The smallest absolute Gasteiger partial charge is 0.169 e. The van der Waals surface area contributed by atoms with Gasteiger partial charge in [-0.25, -0.2) is 0 Å². The van der Waals surface area contributed by atoms with Crippen LogP contribution in [-0.2, 0) is 0 Å². The molecule has 0 unspecified atom stereocenters. The third kappa shape index (κ3) is 4.14. The van der Waals surface area contributed by atoms with Gasteiger partial charge in [0.05, 0.1) is 17.9 Å². The highest BCUT2D eigenvalue weighted by Crippen LogP contribution is 2.32. The van der Waals surface area contributed by atoms with Crippen molar-refractivity contribution in [3.63, 3.8) is 0 Å². The van der Waals surface area contributed by atoms with Gasteiger partial charge in [0.1, 0.15) is 5.75 Å². The normalized spacial score (nSPS) is 13.6. The molecular formula is C23H24N6O. The van der Waals surface area contributed by atoms with Gasteiger partial charge in [-0.2, -0.15) is 0 Å². The van der Waals surface area contributed by atoms with Gasteiger partial charge in [0.15, 0.2) is 5.82 Å². The molecule has 4 rings (SSSR count). The van der Waals surface area contributed by atoms with Crippen molar-refractivity contribution in [3.8, 4) is 28.8 Å². The van der Waals surface area contributed by atoms with Crippen LogP contribution in [-0.4, -0.2) is 48.0 Å². The monoisotopic (exact) mass is 400 g/mol. The van der Waals surface area contributed by atoms with Crippen molar-refractivity contribution in [2.75, 3.05) is 48.3 Å². The van der Waals surface area contributed by atoms with Crippen LogP contribution < -0.4 is 21.3 Å². The second-order valence-electron chi connectivity index (χ2n) is 7.04. The van der Waals surface area contributed by atoms with Crippen LogP contribution in [0, 0.1) is 11.8 Å². The predicted octanol–water partition coefficient (Wildman–Crippen LogP) is 2.07. The summed E-state index contributed by atoms with van der Waals surface area (Å²) in [5, 5.41) is 18.4. The Hall–Kier alpha value is -3.76. The molecule has 1 saturated heterocycles. The summed E-state index contributed by atoms with van der Waals surface area (Å²) in [5.41, 5.74) is 15.8. The molecule has 0 aliphatic carbocycles. The lowest BCUT2D eigenvalue weighted by molar-refractivity contribution is 0.477. The van der Waals surface area contributed by atoms with E-state index in [-0.39, 0.29) is 5.75 Å². The number of aromatic hydroxyl groups is 1. The van der Waals surface area contributed by atoms with E-state index in [1.165, 1.54) is 5.69 Å². The van der Waals surface area contributed by atoms with Crippen molar-refractivity contribution in [2.45, 2.75) is 0 Å². The summed E-state index contributed by atoms with van der Waals surface area (Å²) in [6.07, 6.45) is 0. The van der Waals surface area contributed by atoms with Crippen LogP contribution in [0.1, 0.15) is 5.56 Å². The van der Waals surface area contributed by atoms with Crippen molar-refractivity contribution in [3.05, 3.63) is 60.2 Å². The molecule has 3 aromatic rings. The van der Waals surface area contributed by atoms with Gasteiger partial charge in [-0.15, -0.1) is 10.2 Å². The van der Waals surface area contributed by atoms with Gasteiger partial charge >= 0.3 is 0 Å². The fourth-order valence-corrected chi connectivity index (χ4v) is 3.58. The Bertz CT molecular complexity index is 1080. The maximum atomic E-state index is 10.1. The number of phenols is 1. The van der Waals surface area contributed by atoms with E-state index in [1.807, 2.05) is 30.3 Å². The zero-order valence-electron chi connectivity index (χ0n) is 16.6. The summed E-state index contributed by atoms with van der Waals surface area (Å²) in [7, 11) is 0. The van der Waals surface area contributed by atoms with Crippen molar-refractivity contribution in [1.82, 2.24) is 10.2 Å². The molecule has 0 bridgehead atoms. The number of hydrogen-bond acceptors (Lipinski definition) is 7. The predicted molar refractivity (Wildman–Crippen MR) is 120 cm³/mol. The Morgan fingerprint density at radius 3 is 2.33 bits per heavy atom. The fraction of sp³-hybridized carbons (Fsp3) is 0.217. The summed E-state index contributed by atoms with van der Waals surface area (Å²) in [6, 6.07) is 17.2. The number of piperazine rings is 1. The van der Waals surface area contributed by atoms with Crippen molar-refractivity contribution in [2.24, 2.45) is 5.73 Å². The minimum atomic E-state index is 0.173. The SMILES string of the molecule is NCC#Cc1ccc(N2CCN(c3cc(-c4ccccc4O)nnc3N)CC2)cc1. The van der Waals surface area contributed by atoms with E-state index in [2.05, 4.69) is 44.0 Å². The lowest BCUT2D eigenvalue weighted by atomic mass is 10.1. The van der Waals surface area contributed by atoms with Crippen LogP contribution in [0.25, 0.3) is 11.3 Å². The molecule has 152 valence electrons. The van der Waals surface area contributed by atoms with Crippen LogP contribution in [0.15, 0.2) is 54.6 Å². The Balaban J connectivity index is 1.48. The van der Waals surface area contributed by atoms with E-state index in [9.17, 15) is 5.11 Å². The van der Waals surface area contributed by atoms with Crippen molar-refractivity contribution in [1.29, 1.82) is 0 Å². The van der Waals surface area contributed by atoms with E-state index in [4.69, 9.17) is 11.5 Å². The first-order chi connectivity index (χ1) is 14.7. The van der Waals surface area contributed by atoms with E-state index in [1.54, 1.807) is 12.1 Å². The Kier molecular flexibility index (Phi) is 5.68. The first-order valence-corrected chi connectivity index (χ1v) is 9.86. The fourth-order valence-electron chi connectivity index (χ4n) is 3.58. The van der Waals surface area contributed by atoms with Gasteiger partial charge in [0, 0.05) is 43.0 Å². The number of phenolic OH excluding ortho intramolecular Hbond substituents is 1. The van der Waals surface area contributed by atoms with Gasteiger partial charge in [0.25, 0.3) is 0 Å². The van der Waals surface area contributed by atoms with Gasteiger partial charge in [0.2, 0.25) is 0 Å².